The van der Waals surface area contributed by atoms with Gasteiger partial charge in [0.2, 0.25) is 0 Å². The third-order valence-corrected chi connectivity index (χ3v) is 5.47. The van der Waals surface area contributed by atoms with Gasteiger partial charge in [0, 0.05) is 11.0 Å². The molecule has 1 aliphatic carbocycles. The molecular formula is C17H19F3O3. The molecule has 0 unspecified atom stereocenters. The Balaban J connectivity index is 1.80. The van der Waals surface area contributed by atoms with Gasteiger partial charge in [0.05, 0.1) is 18.1 Å². The lowest BCUT2D eigenvalue weighted by atomic mass is 9.65. The van der Waals surface area contributed by atoms with Crippen molar-refractivity contribution in [3.8, 4) is 5.75 Å². The third-order valence-electron chi connectivity index (χ3n) is 5.47. The molecule has 0 amide bonds. The minimum atomic E-state index is -4.37. The fourth-order valence-electron chi connectivity index (χ4n) is 3.86. The average Bonchev–Trinajstić information content (AvgIpc) is 2.85. The highest BCUT2D eigenvalue weighted by Crippen LogP contribution is 2.51. The van der Waals surface area contributed by atoms with Gasteiger partial charge in [0.25, 0.3) is 0 Å². The van der Waals surface area contributed by atoms with Gasteiger partial charge in [0.15, 0.2) is 0 Å². The number of aliphatic carboxylic acids is 1. The third kappa shape index (κ3) is 2.79. The molecule has 126 valence electrons. The summed E-state index contributed by atoms with van der Waals surface area (Å²) < 4.78 is 43.9. The molecule has 1 saturated carbocycles. The predicted molar refractivity (Wildman–Crippen MR) is 77.4 cm³/mol. The molecule has 1 aliphatic heterocycles. The molecule has 2 aliphatic rings. The zero-order chi connectivity index (χ0) is 16.8. The molecule has 0 radical (unpaired) electrons. The second-order valence-electron chi connectivity index (χ2n) is 6.74. The lowest BCUT2D eigenvalue weighted by Crippen LogP contribution is -2.36. The van der Waals surface area contributed by atoms with Crippen LogP contribution in [0, 0.1) is 11.8 Å². The second-order valence-corrected chi connectivity index (χ2v) is 6.74. The van der Waals surface area contributed by atoms with Crippen LogP contribution in [-0.4, -0.2) is 17.7 Å². The van der Waals surface area contributed by atoms with E-state index in [4.69, 9.17) is 9.84 Å². The van der Waals surface area contributed by atoms with Crippen molar-refractivity contribution in [3.05, 3.63) is 29.3 Å². The SMILES string of the molecule is C[C@H](C(=O)O)[C@H]1CC[C@]2(CC1)COc1cc(C(F)(F)F)ccc12. The van der Waals surface area contributed by atoms with Gasteiger partial charge in [-0.05, 0) is 43.7 Å². The average molecular weight is 328 g/mol. The van der Waals surface area contributed by atoms with E-state index >= 15 is 0 Å². The van der Waals surface area contributed by atoms with Gasteiger partial charge in [-0.25, -0.2) is 0 Å². The van der Waals surface area contributed by atoms with Crippen molar-refractivity contribution >= 4 is 5.97 Å². The summed E-state index contributed by atoms with van der Waals surface area (Å²) in [6.45, 7) is 2.11. The maximum atomic E-state index is 12.8. The lowest BCUT2D eigenvalue weighted by Gasteiger charge is -2.37. The highest BCUT2D eigenvalue weighted by molar-refractivity contribution is 5.69. The molecule has 3 nitrogen and oxygen atoms in total. The number of hydrogen-bond donors (Lipinski definition) is 1. The van der Waals surface area contributed by atoms with Crippen molar-refractivity contribution in [1.82, 2.24) is 0 Å². The van der Waals surface area contributed by atoms with Crippen LogP contribution < -0.4 is 4.74 Å². The van der Waals surface area contributed by atoms with Gasteiger partial charge in [0.1, 0.15) is 5.75 Å². The van der Waals surface area contributed by atoms with Crippen LogP contribution in [0.1, 0.15) is 43.7 Å². The summed E-state index contributed by atoms with van der Waals surface area (Å²) in [6.07, 6.45) is -1.33. The van der Waals surface area contributed by atoms with Crippen LogP contribution in [0.25, 0.3) is 0 Å². The molecule has 1 heterocycles. The zero-order valence-electron chi connectivity index (χ0n) is 12.8. The largest absolute Gasteiger partial charge is 0.492 e. The summed E-state index contributed by atoms with van der Waals surface area (Å²) in [4.78, 5) is 11.1. The van der Waals surface area contributed by atoms with Gasteiger partial charge < -0.3 is 9.84 Å². The first kappa shape index (κ1) is 16.1. The number of carboxylic acids is 1. The summed E-state index contributed by atoms with van der Waals surface area (Å²) in [5, 5.41) is 9.12. The fraction of sp³-hybridized carbons (Fsp3) is 0.588. The number of halogens is 3. The number of carboxylic acid groups (broad SMARTS) is 1. The first-order valence-corrected chi connectivity index (χ1v) is 7.80. The summed E-state index contributed by atoms with van der Waals surface area (Å²) >= 11 is 0. The van der Waals surface area contributed by atoms with Crippen molar-refractivity contribution < 1.29 is 27.8 Å². The fourth-order valence-corrected chi connectivity index (χ4v) is 3.86. The van der Waals surface area contributed by atoms with Gasteiger partial charge >= 0.3 is 12.1 Å². The number of fused-ring (bicyclic) bond motifs is 2. The molecule has 0 saturated heterocycles. The molecule has 3 rings (SSSR count). The van der Waals surface area contributed by atoms with E-state index in [9.17, 15) is 18.0 Å². The minimum absolute atomic E-state index is 0.122. The summed E-state index contributed by atoms with van der Waals surface area (Å²) in [5.41, 5.74) is -0.109. The Morgan fingerprint density at radius 2 is 2.00 bits per heavy atom. The number of carbonyl (C=O) groups is 1. The monoisotopic (exact) mass is 328 g/mol. The molecule has 1 fully saturated rings. The van der Waals surface area contributed by atoms with Gasteiger partial charge in [-0.3, -0.25) is 4.79 Å². The van der Waals surface area contributed by atoms with E-state index in [2.05, 4.69) is 0 Å². The standard InChI is InChI=1S/C17H19F3O3/c1-10(15(21)22)11-4-6-16(7-5-11)9-23-14-8-12(17(18,19)20)2-3-13(14)16/h2-3,8,10-11H,4-7,9H2,1H3,(H,21,22)/t10-,11-,16-/m0/s1. The molecule has 6 heteroatoms. The number of hydrogen-bond acceptors (Lipinski definition) is 2. The Hall–Kier alpha value is -1.72. The van der Waals surface area contributed by atoms with Crippen LogP contribution in [0.5, 0.6) is 5.75 Å². The van der Waals surface area contributed by atoms with E-state index in [1.54, 1.807) is 6.92 Å². The van der Waals surface area contributed by atoms with Crippen molar-refractivity contribution in [3.63, 3.8) is 0 Å². The van der Waals surface area contributed by atoms with Crippen LogP contribution in [-0.2, 0) is 16.4 Å². The molecule has 1 N–H and O–H groups in total. The molecule has 1 atom stereocenters. The smallest absolute Gasteiger partial charge is 0.416 e. The molecule has 1 aromatic carbocycles. The Bertz CT molecular complexity index is 616. The van der Waals surface area contributed by atoms with Gasteiger partial charge in [-0.15, -0.1) is 0 Å². The summed E-state index contributed by atoms with van der Waals surface area (Å²) in [5.74, 6) is -0.730. The summed E-state index contributed by atoms with van der Waals surface area (Å²) in [7, 11) is 0. The first-order chi connectivity index (χ1) is 10.7. The molecule has 1 aromatic rings. The minimum Gasteiger partial charge on any atom is -0.492 e. The number of benzene rings is 1. The van der Waals surface area contributed by atoms with Crippen molar-refractivity contribution in [1.29, 1.82) is 0 Å². The maximum absolute atomic E-state index is 12.8. The van der Waals surface area contributed by atoms with Gasteiger partial charge in [-0.2, -0.15) is 13.2 Å². The van der Waals surface area contributed by atoms with Crippen molar-refractivity contribution in [2.24, 2.45) is 11.8 Å². The molecule has 0 bridgehead atoms. The Morgan fingerprint density at radius 1 is 1.35 bits per heavy atom. The van der Waals surface area contributed by atoms with Crippen molar-refractivity contribution in [2.45, 2.75) is 44.2 Å². The lowest BCUT2D eigenvalue weighted by molar-refractivity contribution is -0.143. The van der Waals surface area contributed by atoms with Crippen LogP contribution in [0.15, 0.2) is 18.2 Å². The Kier molecular flexibility index (Phi) is 3.81. The number of ether oxygens (including phenoxy) is 1. The zero-order valence-corrected chi connectivity index (χ0v) is 12.8. The molecule has 23 heavy (non-hydrogen) atoms. The topological polar surface area (TPSA) is 46.5 Å². The Morgan fingerprint density at radius 3 is 2.57 bits per heavy atom. The molecular weight excluding hydrogens is 309 g/mol. The van der Waals surface area contributed by atoms with E-state index in [1.807, 2.05) is 0 Å². The van der Waals surface area contributed by atoms with E-state index in [1.165, 1.54) is 6.07 Å². The van der Waals surface area contributed by atoms with E-state index in [0.29, 0.717) is 12.4 Å². The first-order valence-electron chi connectivity index (χ1n) is 7.80. The van der Waals surface area contributed by atoms with Crippen LogP contribution in [0.4, 0.5) is 13.2 Å². The van der Waals surface area contributed by atoms with E-state index in [-0.39, 0.29) is 17.3 Å². The van der Waals surface area contributed by atoms with Gasteiger partial charge in [-0.1, -0.05) is 13.0 Å². The molecule has 1 spiro atoms. The van der Waals surface area contributed by atoms with Crippen LogP contribution in [0.2, 0.25) is 0 Å². The van der Waals surface area contributed by atoms with Crippen LogP contribution >= 0.6 is 0 Å². The van der Waals surface area contributed by atoms with Crippen molar-refractivity contribution in [2.75, 3.05) is 6.61 Å². The van der Waals surface area contributed by atoms with E-state index < -0.39 is 17.7 Å². The highest BCUT2D eigenvalue weighted by atomic mass is 19.4. The number of alkyl halides is 3. The molecule has 0 aromatic heterocycles. The number of rotatable bonds is 2. The maximum Gasteiger partial charge on any atom is 0.416 e. The summed E-state index contributed by atoms with van der Waals surface area (Å²) in [6, 6.07) is 3.73. The van der Waals surface area contributed by atoms with Crippen LogP contribution in [0.3, 0.4) is 0 Å². The van der Waals surface area contributed by atoms with E-state index in [0.717, 1.165) is 43.4 Å². The predicted octanol–water partition coefficient (Wildman–Crippen LogP) is 4.25. The highest BCUT2D eigenvalue weighted by Gasteiger charge is 2.45. The second kappa shape index (κ2) is 5.42. The Labute approximate surface area is 132 Å². The normalized spacial score (nSPS) is 28.3. The quantitative estimate of drug-likeness (QED) is 0.883.